The Bertz CT molecular complexity index is 1570. The number of carbonyl (C=O) groups excluding carboxylic acids is 3. The summed E-state index contributed by atoms with van der Waals surface area (Å²) in [6, 6.07) is 17.1. The number of anilines is 1. The highest BCUT2D eigenvalue weighted by Gasteiger charge is 2.49. The molecule has 1 unspecified atom stereocenters. The Balaban J connectivity index is 1.36. The summed E-state index contributed by atoms with van der Waals surface area (Å²) in [5.41, 5.74) is 1.73. The molecule has 0 aromatic heterocycles. The van der Waals surface area contributed by atoms with Crippen LogP contribution in [0.1, 0.15) is 23.3 Å². The van der Waals surface area contributed by atoms with Crippen LogP contribution in [-0.2, 0) is 24.5 Å². The average Bonchev–Trinajstić information content (AvgIpc) is 2.98. The maximum atomic E-state index is 13.6. The third-order valence-corrected chi connectivity index (χ3v) is 8.61. The fraction of sp³-hybridized carbons (Fsp3) is 0.276. The summed E-state index contributed by atoms with van der Waals surface area (Å²) >= 11 is 1.25. The molecule has 3 aromatic rings. The van der Waals surface area contributed by atoms with E-state index in [0.717, 1.165) is 5.56 Å². The maximum Gasteiger partial charge on any atom is 0.266 e. The van der Waals surface area contributed by atoms with Crippen molar-refractivity contribution in [1.29, 1.82) is 0 Å². The van der Waals surface area contributed by atoms with Gasteiger partial charge in [0.2, 0.25) is 11.8 Å². The Morgan fingerprint density at radius 3 is 2.16 bits per heavy atom. The van der Waals surface area contributed by atoms with Crippen molar-refractivity contribution in [1.82, 2.24) is 10.6 Å². The van der Waals surface area contributed by atoms with Crippen LogP contribution in [0.25, 0.3) is 0 Å². The monoisotopic (exact) mass is 649 g/mol. The summed E-state index contributed by atoms with van der Waals surface area (Å²) in [4.78, 5) is 38.5. The first-order chi connectivity index (χ1) is 20.9. The summed E-state index contributed by atoms with van der Waals surface area (Å²) in [6.07, 6.45) is -0.932. The number of halogens is 2. The zero-order valence-corrected chi connectivity index (χ0v) is 24.7. The van der Waals surface area contributed by atoms with Gasteiger partial charge in [0.15, 0.2) is 6.61 Å². The highest BCUT2D eigenvalue weighted by atomic mass is 32.2. The molecule has 3 atom stereocenters. The summed E-state index contributed by atoms with van der Waals surface area (Å²) in [5.74, 6) is -2.51. The second-order valence-electron chi connectivity index (χ2n) is 9.72. The first kappa shape index (κ1) is 32.9. The lowest BCUT2D eigenvalue weighted by atomic mass is 9.92. The number of ether oxygens (including phenoxy) is 1. The SMILES string of the molecule is O=C(CNC(=O)COc1ccc(C2[C@@H](SC[C@H](O)c3ccc(F)cc3)C(=O)N2c2ccc(F)cc2)cc1)NCCS(=O)(=O)O. The molecular weight excluding hydrogens is 620 g/mol. The van der Waals surface area contributed by atoms with Crippen molar-refractivity contribution in [3.8, 4) is 5.75 Å². The van der Waals surface area contributed by atoms with Gasteiger partial charge < -0.3 is 25.4 Å². The van der Waals surface area contributed by atoms with Crippen molar-refractivity contribution in [2.75, 3.05) is 36.1 Å². The highest BCUT2D eigenvalue weighted by molar-refractivity contribution is 8.00. The number of hydrogen-bond acceptors (Lipinski definition) is 8. The van der Waals surface area contributed by atoms with Crippen molar-refractivity contribution < 1.29 is 46.0 Å². The van der Waals surface area contributed by atoms with Gasteiger partial charge in [0.25, 0.3) is 16.0 Å². The van der Waals surface area contributed by atoms with Gasteiger partial charge in [0.05, 0.1) is 24.4 Å². The van der Waals surface area contributed by atoms with E-state index in [1.807, 2.05) is 0 Å². The number of aliphatic hydroxyl groups is 1. The molecule has 11 nitrogen and oxygen atoms in total. The van der Waals surface area contributed by atoms with Gasteiger partial charge in [-0.05, 0) is 59.7 Å². The third kappa shape index (κ3) is 8.98. The lowest BCUT2D eigenvalue weighted by Gasteiger charge is -2.47. The smallest absolute Gasteiger partial charge is 0.266 e. The molecule has 0 bridgehead atoms. The van der Waals surface area contributed by atoms with Crippen LogP contribution in [0.4, 0.5) is 14.5 Å². The fourth-order valence-corrected chi connectivity index (χ4v) is 6.00. The average molecular weight is 650 g/mol. The van der Waals surface area contributed by atoms with Gasteiger partial charge >= 0.3 is 0 Å². The first-order valence-electron chi connectivity index (χ1n) is 13.3. The lowest BCUT2D eigenvalue weighted by Crippen LogP contribution is -2.57. The van der Waals surface area contributed by atoms with Crippen LogP contribution < -0.4 is 20.3 Å². The lowest BCUT2D eigenvalue weighted by molar-refractivity contribution is -0.127. The molecule has 3 amide bonds. The number of benzene rings is 3. The van der Waals surface area contributed by atoms with Gasteiger partial charge in [-0.25, -0.2) is 8.78 Å². The van der Waals surface area contributed by atoms with Gasteiger partial charge in [-0.2, -0.15) is 8.42 Å². The summed E-state index contributed by atoms with van der Waals surface area (Å²) in [6.45, 7) is -1.15. The van der Waals surface area contributed by atoms with E-state index in [1.54, 1.807) is 24.3 Å². The predicted molar refractivity (Wildman–Crippen MR) is 159 cm³/mol. The van der Waals surface area contributed by atoms with Crippen molar-refractivity contribution in [2.24, 2.45) is 0 Å². The number of amides is 3. The molecule has 1 heterocycles. The van der Waals surface area contributed by atoms with E-state index in [-0.39, 0.29) is 18.2 Å². The summed E-state index contributed by atoms with van der Waals surface area (Å²) in [5, 5.41) is 14.6. The second-order valence-corrected chi connectivity index (χ2v) is 12.5. The molecular formula is C29H29F2N3O8S2. The van der Waals surface area contributed by atoms with Crippen LogP contribution in [0.15, 0.2) is 72.8 Å². The molecule has 0 spiro atoms. The maximum absolute atomic E-state index is 13.6. The standard InChI is InChI=1S/C29H29F2N3O8S2/c30-20-5-1-18(2-6-20)24(35)17-43-28-27(34(29(28)38)22-9-7-21(31)8-10-22)19-3-11-23(12-4-19)42-16-26(37)33-15-25(36)32-13-14-44(39,40)41/h1-12,24,27-28,35H,13-17H2,(H,32,36)(H,33,37)(H,39,40,41)/t24-,27?,28+/m0/s1. The molecule has 15 heteroatoms. The van der Waals surface area contributed by atoms with Crippen molar-refractivity contribution in [2.45, 2.75) is 17.4 Å². The Morgan fingerprint density at radius 2 is 1.55 bits per heavy atom. The number of nitrogens with zero attached hydrogens (tertiary/aromatic N) is 1. The second kappa shape index (κ2) is 14.6. The van der Waals surface area contributed by atoms with E-state index in [4.69, 9.17) is 9.29 Å². The van der Waals surface area contributed by atoms with Crippen LogP contribution in [0.2, 0.25) is 0 Å². The Kier molecular flexibility index (Phi) is 10.9. The van der Waals surface area contributed by atoms with Crippen LogP contribution in [-0.4, -0.2) is 72.3 Å². The van der Waals surface area contributed by atoms with Gasteiger partial charge in [-0.3, -0.25) is 18.9 Å². The van der Waals surface area contributed by atoms with Crippen LogP contribution in [0.3, 0.4) is 0 Å². The fourth-order valence-electron chi connectivity index (χ4n) is 4.34. The minimum Gasteiger partial charge on any atom is -0.484 e. The van der Waals surface area contributed by atoms with Crippen LogP contribution >= 0.6 is 11.8 Å². The number of aliphatic hydroxyl groups excluding tert-OH is 1. The molecule has 1 saturated heterocycles. The van der Waals surface area contributed by atoms with Crippen molar-refractivity contribution in [3.63, 3.8) is 0 Å². The minimum absolute atomic E-state index is 0.171. The quantitative estimate of drug-likeness (QED) is 0.152. The molecule has 4 N–H and O–H groups in total. The topological polar surface area (TPSA) is 162 Å². The van der Waals surface area contributed by atoms with Gasteiger partial charge in [0, 0.05) is 18.0 Å². The molecule has 0 aliphatic carbocycles. The molecule has 1 fully saturated rings. The van der Waals surface area contributed by atoms with Crippen molar-refractivity contribution in [3.05, 3.63) is 95.6 Å². The number of hydrogen-bond donors (Lipinski definition) is 4. The Labute approximate surface area is 256 Å². The van der Waals surface area contributed by atoms with E-state index in [1.165, 1.54) is 65.2 Å². The van der Waals surface area contributed by atoms with E-state index < -0.39 is 69.9 Å². The van der Waals surface area contributed by atoms with Crippen LogP contribution in [0, 0.1) is 11.6 Å². The number of β-lactam (4-membered cyclic amide) rings is 1. The predicted octanol–water partition coefficient (Wildman–Crippen LogP) is 2.39. The molecule has 234 valence electrons. The summed E-state index contributed by atoms with van der Waals surface area (Å²) in [7, 11) is -4.22. The minimum atomic E-state index is -4.22. The van der Waals surface area contributed by atoms with E-state index in [2.05, 4.69) is 10.6 Å². The molecule has 44 heavy (non-hydrogen) atoms. The molecule has 3 aromatic carbocycles. The summed E-state index contributed by atoms with van der Waals surface area (Å²) < 4.78 is 62.3. The largest absolute Gasteiger partial charge is 0.484 e. The zero-order chi connectivity index (χ0) is 31.9. The highest BCUT2D eigenvalue weighted by Crippen LogP contribution is 2.46. The van der Waals surface area contributed by atoms with Gasteiger partial charge in [0.1, 0.15) is 22.6 Å². The number of rotatable bonds is 14. The number of carbonyl (C=O) groups is 3. The van der Waals surface area contributed by atoms with E-state index in [9.17, 15) is 36.7 Å². The van der Waals surface area contributed by atoms with Gasteiger partial charge in [-0.15, -0.1) is 11.8 Å². The Hall–Kier alpha value is -4.05. The number of nitrogens with one attached hydrogen (secondary N) is 2. The first-order valence-corrected chi connectivity index (χ1v) is 15.9. The normalized spacial score (nSPS) is 17.0. The number of thioether (sulfide) groups is 1. The van der Waals surface area contributed by atoms with E-state index >= 15 is 0 Å². The third-order valence-electron chi connectivity index (χ3n) is 6.56. The molecule has 0 radical (unpaired) electrons. The molecule has 1 aliphatic rings. The van der Waals surface area contributed by atoms with E-state index in [0.29, 0.717) is 17.0 Å². The molecule has 0 saturated carbocycles. The van der Waals surface area contributed by atoms with Crippen molar-refractivity contribution >= 4 is 45.3 Å². The molecule has 1 aliphatic heterocycles. The van der Waals surface area contributed by atoms with Crippen LogP contribution in [0.5, 0.6) is 5.75 Å². The molecule has 4 rings (SSSR count). The van der Waals surface area contributed by atoms with Gasteiger partial charge in [-0.1, -0.05) is 24.3 Å². The zero-order valence-electron chi connectivity index (χ0n) is 23.1. The Morgan fingerprint density at radius 1 is 0.932 bits per heavy atom.